The molecule has 0 aromatic heterocycles. The standard InChI is InChI=1S/C22H43N5O2/c1-3-23-21(24-18-20-8-7-11-26(20)12-15-28-2)25-19-22(9-5-4-6-10-22)27-13-16-29-17-14-27/h20H,3-19H2,1-2H3,(H2,23,24,25). The quantitative estimate of drug-likeness (QED) is 0.446. The number of likely N-dealkylation sites (tertiary alicyclic amines) is 1. The number of aliphatic imine (C=N–C) groups is 1. The molecule has 0 amide bonds. The average molecular weight is 410 g/mol. The number of nitrogens with zero attached hydrogens (tertiary/aromatic N) is 3. The number of hydrogen-bond donors (Lipinski definition) is 2. The molecule has 0 radical (unpaired) electrons. The Bertz CT molecular complexity index is 490. The second-order valence-corrected chi connectivity index (χ2v) is 8.79. The summed E-state index contributed by atoms with van der Waals surface area (Å²) < 4.78 is 10.9. The van der Waals surface area contributed by atoms with Crippen LogP contribution >= 0.6 is 0 Å². The molecule has 1 saturated carbocycles. The smallest absolute Gasteiger partial charge is 0.191 e. The molecule has 2 N–H and O–H groups in total. The van der Waals surface area contributed by atoms with E-state index in [9.17, 15) is 0 Å². The van der Waals surface area contributed by atoms with Gasteiger partial charge < -0.3 is 20.1 Å². The molecule has 2 saturated heterocycles. The molecule has 2 aliphatic heterocycles. The number of guanidine groups is 1. The molecule has 3 aliphatic rings. The minimum absolute atomic E-state index is 0.224. The van der Waals surface area contributed by atoms with Crippen LogP contribution in [0.5, 0.6) is 0 Å². The molecule has 0 bridgehead atoms. The lowest BCUT2D eigenvalue weighted by molar-refractivity contribution is -0.0333. The molecule has 168 valence electrons. The van der Waals surface area contributed by atoms with Crippen LogP contribution in [-0.4, -0.2) is 100 Å². The summed E-state index contributed by atoms with van der Waals surface area (Å²) in [6, 6.07) is 0.580. The Labute approximate surface area is 177 Å². The van der Waals surface area contributed by atoms with Crippen molar-refractivity contribution in [2.24, 2.45) is 4.99 Å². The van der Waals surface area contributed by atoms with Gasteiger partial charge in [-0.25, -0.2) is 0 Å². The molecule has 0 aromatic rings. The Balaban J connectivity index is 1.59. The van der Waals surface area contributed by atoms with Crippen LogP contribution in [0, 0.1) is 0 Å². The van der Waals surface area contributed by atoms with E-state index < -0.39 is 0 Å². The van der Waals surface area contributed by atoms with Gasteiger partial charge in [0, 0.05) is 51.4 Å². The van der Waals surface area contributed by atoms with Gasteiger partial charge in [0.15, 0.2) is 5.96 Å². The highest BCUT2D eigenvalue weighted by atomic mass is 16.5. The van der Waals surface area contributed by atoms with E-state index in [-0.39, 0.29) is 5.54 Å². The van der Waals surface area contributed by atoms with Crippen molar-refractivity contribution in [1.82, 2.24) is 20.4 Å². The van der Waals surface area contributed by atoms with Crippen molar-refractivity contribution in [2.75, 3.05) is 72.7 Å². The molecule has 7 heteroatoms. The Morgan fingerprint density at radius 2 is 1.90 bits per heavy atom. The predicted molar refractivity (Wildman–Crippen MR) is 119 cm³/mol. The third kappa shape index (κ3) is 6.54. The van der Waals surface area contributed by atoms with E-state index in [1.807, 2.05) is 0 Å². The summed E-state index contributed by atoms with van der Waals surface area (Å²) in [5.41, 5.74) is 0.224. The second kappa shape index (κ2) is 12.1. The van der Waals surface area contributed by atoms with Gasteiger partial charge in [0.05, 0.1) is 26.4 Å². The zero-order chi connectivity index (χ0) is 20.4. The Morgan fingerprint density at radius 1 is 1.10 bits per heavy atom. The number of ether oxygens (including phenoxy) is 2. The first-order valence-corrected chi connectivity index (χ1v) is 11.9. The predicted octanol–water partition coefficient (Wildman–Crippen LogP) is 1.69. The van der Waals surface area contributed by atoms with Gasteiger partial charge in [-0.2, -0.15) is 0 Å². The van der Waals surface area contributed by atoms with Crippen LogP contribution in [0.25, 0.3) is 0 Å². The van der Waals surface area contributed by atoms with Gasteiger partial charge in [-0.1, -0.05) is 19.3 Å². The van der Waals surface area contributed by atoms with Crippen molar-refractivity contribution in [1.29, 1.82) is 0 Å². The highest BCUT2D eigenvalue weighted by Gasteiger charge is 2.38. The van der Waals surface area contributed by atoms with Crippen molar-refractivity contribution in [3.8, 4) is 0 Å². The fraction of sp³-hybridized carbons (Fsp3) is 0.955. The SMILES string of the molecule is CCNC(=NCC1(N2CCOCC2)CCCCC1)NCC1CCCN1CCOC. The average Bonchev–Trinajstić information content (AvgIpc) is 3.23. The molecular weight excluding hydrogens is 366 g/mol. The second-order valence-electron chi connectivity index (χ2n) is 8.79. The van der Waals surface area contributed by atoms with Crippen LogP contribution in [0.1, 0.15) is 51.9 Å². The maximum atomic E-state index is 5.62. The number of methoxy groups -OCH3 is 1. The lowest BCUT2D eigenvalue weighted by Gasteiger charge is -2.47. The molecule has 29 heavy (non-hydrogen) atoms. The van der Waals surface area contributed by atoms with Crippen molar-refractivity contribution in [3.63, 3.8) is 0 Å². The van der Waals surface area contributed by atoms with E-state index in [1.54, 1.807) is 7.11 Å². The summed E-state index contributed by atoms with van der Waals surface area (Å²) in [6.45, 7) is 11.7. The molecule has 7 nitrogen and oxygen atoms in total. The lowest BCUT2D eigenvalue weighted by atomic mass is 9.80. The molecule has 3 fully saturated rings. The highest BCUT2D eigenvalue weighted by Crippen LogP contribution is 2.34. The van der Waals surface area contributed by atoms with E-state index in [1.165, 1.54) is 51.5 Å². The third-order valence-electron chi connectivity index (χ3n) is 6.93. The van der Waals surface area contributed by atoms with Crippen LogP contribution in [0.15, 0.2) is 4.99 Å². The monoisotopic (exact) mass is 409 g/mol. The Kier molecular flexibility index (Phi) is 9.49. The van der Waals surface area contributed by atoms with E-state index in [2.05, 4.69) is 27.4 Å². The van der Waals surface area contributed by atoms with Crippen LogP contribution in [0.3, 0.4) is 0 Å². The van der Waals surface area contributed by atoms with Crippen LogP contribution in [-0.2, 0) is 9.47 Å². The molecule has 1 atom stereocenters. The minimum Gasteiger partial charge on any atom is -0.383 e. The number of hydrogen-bond acceptors (Lipinski definition) is 5. The summed E-state index contributed by atoms with van der Waals surface area (Å²) >= 11 is 0. The zero-order valence-corrected chi connectivity index (χ0v) is 18.8. The number of nitrogens with one attached hydrogen (secondary N) is 2. The van der Waals surface area contributed by atoms with E-state index in [0.717, 1.165) is 65.0 Å². The van der Waals surface area contributed by atoms with Gasteiger partial charge >= 0.3 is 0 Å². The number of rotatable bonds is 9. The van der Waals surface area contributed by atoms with Crippen molar-refractivity contribution in [3.05, 3.63) is 0 Å². The zero-order valence-electron chi connectivity index (χ0n) is 18.8. The summed E-state index contributed by atoms with van der Waals surface area (Å²) in [7, 11) is 1.79. The van der Waals surface area contributed by atoms with Gasteiger partial charge in [0.2, 0.25) is 0 Å². The van der Waals surface area contributed by atoms with Crippen LogP contribution in [0.2, 0.25) is 0 Å². The van der Waals surface area contributed by atoms with Gasteiger partial charge in [-0.05, 0) is 39.2 Å². The van der Waals surface area contributed by atoms with Crippen LogP contribution in [0.4, 0.5) is 0 Å². The first-order valence-electron chi connectivity index (χ1n) is 11.9. The summed E-state index contributed by atoms with van der Waals surface area (Å²) in [5.74, 6) is 0.976. The fourth-order valence-electron chi connectivity index (χ4n) is 5.23. The lowest BCUT2D eigenvalue weighted by Crippen LogP contribution is -2.56. The molecular formula is C22H43N5O2. The Hall–Kier alpha value is -0.890. The maximum absolute atomic E-state index is 5.62. The normalized spacial score (nSPS) is 26.6. The summed E-state index contributed by atoms with van der Waals surface area (Å²) in [4.78, 5) is 10.3. The summed E-state index contributed by atoms with van der Waals surface area (Å²) in [6.07, 6.45) is 9.10. The largest absolute Gasteiger partial charge is 0.383 e. The molecule has 1 aliphatic carbocycles. The summed E-state index contributed by atoms with van der Waals surface area (Å²) in [5, 5.41) is 7.12. The van der Waals surface area contributed by atoms with E-state index >= 15 is 0 Å². The molecule has 1 unspecified atom stereocenters. The van der Waals surface area contributed by atoms with Gasteiger partial charge in [0.1, 0.15) is 0 Å². The van der Waals surface area contributed by atoms with E-state index in [0.29, 0.717) is 6.04 Å². The topological polar surface area (TPSA) is 61.4 Å². The Morgan fingerprint density at radius 3 is 2.62 bits per heavy atom. The van der Waals surface area contributed by atoms with Gasteiger partial charge in [-0.15, -0.1) is 0 Å². The highest BCUT2D eigenvalue weighted by molar-refractivity contribution is 5.79. The first-order chi connectivity index (χ1) is 14.3. The van der Waals surface area contributed by atoms with Crippen molar-refractivity contribution in [2.45, 2.75) is 63.5 Å². The van der Waals surface area contributed by atoms with Crippen molar-refractivity contribution >= 4 is 5.96 Å². The number of morpholine rings is 1. The molecule has 2 heterocycles. The maximum Gasteiger partial charge on any atom is 0.191 e. The molecule has 3 rings (SSSR count). The van der Waals surface area contributed by atoms with E-state index in [4.69, 9.17) is 14.5 Å². The molecule has 0 aromatic carbocycles. The third-order valence-corrected chi connectivity index (χ3v) is 6.93. The van der Waals surface area contributed by atoms with Crippen LogP contribution < -0.4 is 10.6 Å². The van der Waals surface area contributed by atoms with Crippen molar-refractivity contribution < 1.29 is 9.47 Å². The first kappa shape index (κ1) is 22.8. The van der Waals surface area contributed by atoms with Gasteiger partial charge in [-0.3, -0.25) is 14.8 Å². The van der Waals surface area contributed by atoms with Gasteiger partial charge in [0.25, 0.3) is 0 Å². The molecule has 0 spiro atoms. The minimum atomic E-state index is 0.224. The fourth-order valence-corrected chi connectivity index (χ4v) is 5.23.